The van der Waals surface area contributed by atoms with Crippen molar-refractivity contribution >= 4 is 0 Å². The third-order valence-corrected chi connectivity index (χ3v) is 3.22. The molecule has 4 heteroatoms. The molecule has 2 aromatic rings. The van der Waals surface area contributed by atoms with Gasteiger partial charge in [-0.15, -0.1) is 0 Å². The number of benzene rings is 1. The van der Waals surface area contributed by atoms with Gasteiger partial charge in [-0.1, -0.05) is 18.2 Å². The lowest BCUT2D eigenvalue weighted by atomic mass is 10.00. The van der Waals surface area contributed by atoms with Crippen molar-refractivity contribution in [1.29, 1.82) is 0 Å². The average Bonchev–Trinajstić information content (AvgIpc) is 2.75. The Morgan fingerprint density at radius 1 is 1.44 bits per heavy atom. The molecule has 0 radical (unpaired) electrons. The van der Waals surface area contributed by atoms with Gasteiger partial charge in [-0.2, -0.15) is 0 Å². The summed E-state index contributed by atoms with van der Waals surface area (Å²) in [5, 5.41) is 0. The van der Waals surface area contributed by atoms with Crippen molar-refractivity contribution in [2.45, 2.75) is 25.8 Å². The molecule has 1 aromatic heterocycles. The molecule has 0 saturated carbocycles. The highest BCUT2D eigenvalue weighted by atomic mass is 19.1. The molecule has 0 aliphatic rings. The lowest BCUT2D eigenvalue weighted by Crippen LogP contribution is -2.14. The Morgan fingerprint density at radius 2 is 2.22 bits per heavy atom. The molecular formula is C14H18FN3. The zero-order valence-corrected chi connectivity index (χ0v) is 10.7. The Hall–Kier alpha value is -1.68. The van der Waals surface area contributed by atoms with Crippen LogP contribution in [0.1, 0.15) is 29.4 Å². The molecule has 0 aliphatic carbocycles. The summed E-state index contributed by atoms with van der Waals surface area (Å²) >= 11 is 0. The maximum atomic E-state index is 13.9. The van der Waals surface area contributed by atoms with E-state index in [1.54, 1.807) is 25.3 Å². The molecule has 96 valence electrons. The van der Waals surface area contributed by atoms with E-state index in [0.717, 1.165) is 12.2 Å². The summed E-state index contributed by atoms with van der Waals surface area (Å²) in [4.78, 5) is 4.24. The van der Waals surface area contributed by atoms with Crippen LogP contribution in [0.4, 0.5) is 4.39 Å². The predicted octanol–water partition coefficient (Wildman–Crippen LogP) is 2.50. The van der Waals surface area contributed by atoms with Crippen molar-refractivity contribution in [1.82, 2.24) is 9.55 Å². The molecule has 0 bridgehead atoms. The van der Waals surface area contributed by atoms with Crippen molar-refractivity contribution in [3.05, 3.63) is 53.4 Å². The Morgan fingerprint density at radius 3 is 2.89 bits per heavy atom. The van der Waals surface area contributed by atoms with Crippen molar-refractivity contribution in [3.63, 3.8) is 0 Å². The number of aromatic nitrogens is 2. The lowest BCUT2D eigenvalue weighted by molar-refractivity contribution is 0.551. The van der Waals surface area contributed by atoms with Gasteiger partial charge in [0.05, 0.1) is 0 Å². The number of imidazole rings is 1. The predicted molar refractivity (Wildman–Crippen MR) is 69.6 cm³/mol. The molecule has 18 heavy (non-hydrogen) atoms. The summed E-state index contributed by atoms with van der Waals surface area (Å²) in [6.45, 7) is 1.75. The molecular weight excluding hydrogens is 229 g/mol. The fraction of sp³-hybridized carbons (Fsp3) is 0.357. The normalized spacial score (nSPS) is 12.7. The van der Waals surface area contributed by atoms with Gasteiger partial charge in [0.15, 0.2) is 0 Å². The van der Waals surface area contributed by atoms with Crippen molar-refractivity contribution in [2.75, 3.05) is 0 Å². The third kappa shape index (κ3) is 2.59. The molecule has 2 rings (SSSR count). The highest BCUT2D eigenvalue weighted by Crippen LogP contribution is 2.21. The molecule has 0 spiro atoms. The molecule has 1 aromatic carbocycles. The Balaban J connectivity index is 2.06. The number of aryl methyl sites for hydroxylation is 3. The average molecular weight is 247 g/mol. The summed E-state index contributed by atoms with van der Waals surface area (Å²) in [7, 11) is 1.95. The zero-order chi connectivity index (χ0) is 13.1. The number of rotatable bonds is 4. The van der Waals surface area contributed by atoms with Crippen LogP contribution in [0.15, 0.2) is 30.6 Å². The number of hydrogen-bond acceptors (Lipinski definition) is 2. The summed E-state index contributed by atoms with van der Waals surface area (Å²) in [5.41, 5.74) is 7.28. The van der Waals surface area contributed by atoms with Crippen molar-refractivity contribution in [2.24, 2.45) is 12.8 Å². The minimum absolute atomic E-state index is 0.190. The first-order chi connectivity index (χ1) is 8.59. The summed E-state index contributed by atoms with van der Waals surface area (Å²) < 4.78 is 15.9. The van der Waals surface area contributed by atoms with Gasteiger partial charge in [0, 0.05) is 37.5 Å². The van der Waals surface area contributed by atoms with E-state index in [-0.39, 0.29) is 11.9 Å². The fourth-order valence-electron chi connectivity index (χ4n) is 2.03. The molecule has 0 aliphatic heterocycles. The van der Waals surface area contributed by atoms with E-state index in [1.165, 1.54) is 0 Å². The van der Waals surface area contributed by atoms with E-state index in [1.807, 2.05) is 23.9 Å². The van der Waals surface area contributed by atoms with Gasteiger partial charge in [-0.3, -0.25) is 0 Å². The van der Waals surface area contributed by atoms with Crippen LogP contribution in [-0.2, 0) is 13.5 Å². The second kappa shape index (κ2) is 5.31. The quantitative estimate of drug-likeness (QED) is 0.902. The van der Waals surface area contributed by atoms with Crippen LogP contribution in [0.5, 0.6) is 0 Å². The number of hydrogen-bond donors (Lipinski definition) is 1. The van der Waals surface area contributed by atoms with Crippen LogP contribution in [0, 0.1) is 12.7 Å². The Kier molecular flexibility index (Phi) is 3.77. The monoisotopic (exact) mass is 247 g/mol. The van der Waals surface area contributed by atoms with Crippen LogP contribution in [0.2, 0.25) is 0 Å². The largest absolute Gasteiger partial charge is 0.338 e. The second-order valence-electron chi connectivity index (χ2n) is 4.58. The first kappa shape index (κ1) is 12.8. The van der Waals surface area contributed by atoms with Gasteiger partial charge >= 0.3 is 0 Å². The molecule has 2 N–H and O–H groups in total. The van der Waals surface area contributed by atoms with E-state index in [9.17, 15) is 4.39 Å². The van der Waals surface area contributed by atoms with E-state index < -0.39 is 0 Å². The van der Waals surface area contributed by atoms with E-state index in [4.69, 9.17) is 5.73 Å². The van der Waals surface area contributed by atoms with E-state index in [0.29, 0.717) is 17.5 Å². The molecule has 1 unspecified atom stereocenters. The summed E-state index contributed by atoms with van der Waals surface area (Å²) in [5.74, 6) is 0.781. The maximum Gasteiger partial charge on any atom is 0.130 e. The topological polar surface area (TPSA) is 43.8 Å². The first-order valence-electron chi connectivity index (χ1n) is 6.06. The third-order valence-electron chi connectivity index (χ3n) is 3.22. The van der Waals surface area contributed by atoms with Gasteiger partial charge in [-0.25, -0.2) is 9.37 Å². The smallest absolute Gasteiger partial charge is 0.130 e. The van der Waals surface area contributed by atoms with Crippen LogP contribution >= 0.6 is 0 Å². The minimum Gasteiger partial charge on any atom is -0.338 e. The fourth-order valence-corrected chi connectivity index (χ4v) is 2.03. The summed E-state index contributed by atoms with van der Waals surface area (Å²) in [6, 6.07) is 5.06. The van der Waals surface area contributed by atoms with Gasteiger partial charge in [0.1, 0.15) is 11.6 Å². The zero-order valence-electron chi connectivity index (χ0n) is 10.7. The van der Waals surface area contributed by atoms with Gasteiger partial charge in [0.25, 0.3) is 0 Å². The van der Waals surface area contributed by atoms with E-state index in [2.05, 4.69) is 4.98 Å². The van der Waals surface area contributed by atoms with Crippen molar-refractivity contribution in [3.8, 4) is 0 Å². The maximum absolute atomic E-state index is 13.9. The lowest BCUT2D eigenvalue weighted by Gasteiger charge is -2.14. The van der Waals surface area contributed by atoms with Gasteiger partial charge in [0.2, 0.25) is 0 Å². The standard InChI is InChI=1S/C14H18FN3/c1-10-4-3-5-11(14(10)15)12(16)6-7-13-17-8-9-18(13)2/h3-5,8-9,12H,6-7,16H2,1-2H3. The Labute approximate surface area is 106 Å². The Bertz CT molecular complexity index is 534. The number of halogens is 1. The van der Waals surface area contributed by atoms with Gasteiger partial charge in [-0.05, 0) is 18.9 Å². The number of nitrogens with two attached hydrogens (primary N) is 1. The molecule has 1 atom stereocenters. The molecule has 3 nitrogen and oxygen atoms in total. The highest BCUT2D eigenvalue weighted by Gasteiger charge is 2.13. The first-order valence-corrected chi connectivity index (χ1v) is 6.06. The van der Waals surface area contributed by atoms with Crippen LogP contribution in [0.25, 0.3) is 0 Å². The summed E-state index contributed by atoms with van der Waals surface area (Å²) in [6.07, 6.45) is 5.09. The van der Waals surface area contributed by atoms with E-state index >= 15 is 0 Å². The van der Waals surface area contributed by atoms with Crippen LogP contribution in [0.3, 0.4) is 0 Å². The van der Waals surface area contributed by atoms with Crippen LogP contribution in [-0.4, -0.2) is 9.55 Å². The van der Waals surface area contributed by atoms with Crippen molar-refractivity contribution < 1.29 is 4.39 Å². The molecule has 0 fully saturated rings. The SMILES string of the molecule is Cc1cccc(C(N)CCc2nccn2C)c1F. The van der Waals surface area contributed by atoms with Gasteiger partial charge < -0.3 is 10.3 Å². The molecule has 0 saturated heterocycles. The highest BCUT2D eigenvalue weighted by molar-refractivity contribution is 5.27. The molecule has 0 amide bonds. The minimum atomic E-state index is -0.290. The number of nitrogens with zero attached hydrogens (tertiary/aromatic N) is 2. The second-order valence-corrected chi connectivity index (χ2v) is 4.58. The molecule has 1 heterocycles. The van der Waals surface area contributed by atoms with Crippen LogP contribution < -0.4 is 5.73 Å².